The number of hydrogen-bond acceptors (Lipinski definition) is 5. The summed E-state index contributed by atoms with van der Waals surface area (Å²) in [6, 6.07) is 19.0. The lowest BCUT2D eigenvalue weighted by molar-refractivity contribution is -0.120. The Bertz CT molecular complexity index is 1030. The summed E-state index contributed by atoms with van der Waals surface area (Å²) in [5.41, 5.74) is 3.20. The summed E-state index contributed by atoms with van der Waals surface area (Å²) in [5, 5.41) is 5.63. The molecule has 0 spiro atoms. The standard InChI is InChI=1S/C22H21N5O2/c1-15(28)25-18-8-5-9-19(10-18)26-22(29)17-12-27(13-17)21-11-20(23-14-24-21)16-6-3-2-4-7-16/h2-11,14,17H,12-13H2,1H3,(H,25,28)(H,26,29). The summed E-state index contributed by atoms with van der Waals surface area (Å²) in [7, 11) is 0. The summed E-state index contributed by atoms with van der Waals surface area (Å²) < 4.78 is 0. The highest BCUT2D eigenvalue weighted by atomic mass is 16.2. The van der Waals surface area contributed by atoms with Gasteiger partial charge in [0.05, 0.1) is 11.6 Å². The van der Waals surface area contributed by atoms with Gasteiger partial charge in [0.15, 0.2) is 0 Å². The maximum atomic E-state index is 12.5. The molecule has 1 aliphatic rings. The summed E-state index contributed by atoms with van der Waals surface area (Å²) in [6.45, 7) is 2.65. The Morgan fingerprint density at radius 1 is 0.931 bits per heavy atom. The van der Waals surface area contributed by atoms with Crippen LogP contribution in [0.1, 0.15) is 6.92 Å². The molecule has 2 aromatic carbocycles. The van der Waals surface area contributed by atoms with E-state index in [1.807, 2.05) is 36.4 Å². The molecule has 1 aromatic heterocycles. The van der Waals surface area contributed by atoms with E-state index < -0.39 is 0 Å². The van der Waals surface area contributed by atoms with Crippen LogP contribution in [0.3, 0.4) is 0 Å². The third-order valence-electron chi connectivity index (χ3n) is 4.75. The molecule has 2 heterocycles. The Kier molecular flexibility index (Phi) is 5.20. The lowest BCUT2D eigenvalue weighted by Gasteiger charge is -2.39. The van der Waals surface area contributed by atoms with Gasteiger partial charge in [-0.3, -0.25) is 9.59 Å². The Morgan fingerprint density at radius 2 is 1.66 bits per heavy atom. The molecule has 1 saturated heterocycles. The lowest BCUT2D eigenvalue weighted by Crippen LogP contribution is -2.52. The van der Waals surface area contributed by atoms with Crippen molar-refractivity contribution in [3.8, 4) is 11.3 Å². The molecule has 7 heteroatoms. The smallest absolute Gasteiger partial charge is 0.231 e. The van der Waals surface area contributed by atoms with E-state index in [9.17, 15) is 9.59 Å². The van der Waals surface area contributed by atoms with Crippen LogP contribution in [0.4, 0.5) is 17.2 Å². The van der Waals surface area contributed by atoms with Gasteiger partial charge in [0, 0.05) is 43.0 Å². The molecule has 7 nitrogen and oxygen atoms in total. The molecule has 0 bridgehead atoms. The van der Waals surface area contributed by atoms with E-state index >= 15 is 0 Å². The number of nitrogens with one attached hydrogen (secondary N) is 2. The number of rotatable bonds is 5. The summed E-state index contributed by atoms with van der Waals surface area (Å²) in [4.78, 5) is 34.5. The highest BCUT2D eigenvalue weighted by molar-refractivity contribution is 5.95. The first-order valence-corrected chi connectivity index (χ1v) is 9.39. The Balaban J connectivity index is 1.36. The lowest BCUT2D eigenvalue weighted by atomic mass is 9.99. The fraction of sp³-hybridized carbons (Fsp3) is 0.182. The Labute approximate surface area is 168 Å². The van der Waals surface area contributed by atoms with Crippen molar-refractivity contribution in [2.45, 2.75) is 6.92 Å². The Morgan fingerprint density at radius 3 is 2.38 bits per heavy atom. The molecule has 0 saturated carbocycles. The zero-order valence-corrected chi connectivity index (χ0v) is 16.0. The molecule has 0 atom stereocenters. The van der Waals surface area contributed by atoms with E-state index in [0.29, 0.717) is 24.5 Å². The van der Waals surface area contributed by atoms with Crippen LogP contribution in [0.25, 0.3) is 11.3 Å². The fourth-order valence-electron chi connectivity index (χ4n) is 3.24. The predicted molar refractivity (Wildman–Crippen MR) is 113 cm³/mol. The number of benzene rings is 2. The third kappa shape index (κ3) is 4.40. The first-order chi connectivity index (χ1) is 14.1. The molecule has 0 unspecified atom stereocenters. The van der Waals surface area contributed by atoms with E-state index in [1.165, 1.54) is 6.92 Å². The van der Waals surface area contributed by atoms with Crippen LogP contribution in [-0.4, -0.2) is 34.9 Å². The van der Waals surface area contributed by atoms with Gasteiger partial charge in [0.2, 0.25) is 11.8 Å². The normalized spacial score (nSPS) is 13.5. The van der Waals surface area contributed by atoms with Crippen LogP contribution in [0.15, 0.2) is 67.0 Å². The average Bonchev–Trinajstić information content (AvgIpc) is 2.67. The first kappa shape index (κ1) is 18.6. The van der Waals surface area contributed by atoms with E-state index in [2.05, 4.69) is 25.5 Å². The molecule has 4 rings (SSSR count). The van der Waals surface area contributed by atoms with Gasteiger partial charge >= 0.3 is 0 Å². The number of hydrogen-bond donors (Lipinski definition) is 2. The number of carbonyl (C=O) groups excluding carboxylic acids is 2. The zero-order valence-electron chi connectivity index (χ0n) is 16.0. The van der Waals surface area contributed by atoms with Crippen LogP contribution in [0, 0.1) is 5.92 Å². The first-order valence-electron chi connectivity index (χ1n) is 9.39. The van der Waals surface area contributed by atoms with Crippen molar-refractivity contribution < 1.29 is 9.59 Å². The average molecular weight is 387 g/mol. The number of anilines is 3. The minimum Gasteiger partial charge on any atom is -0.355 e. The van der Waals surface area contributed by atoms with Crippen molar-refractivity contribution in [3.63, 3.8) is 0 Å². The van der Waals surface area contributed by atoms with Crippen LogP contribution in [0.2, 0.25) is 0 Å². The topological polar surface area (TPSA) is 87.2 Å². The highest BCUT2D eigenvalue weighted by Gasteiger charge is 2.33. The molecule has 2 amide bonds. The van der Waals surface area contributed by atoms with Gasteiger partial charge in [-0.25, -0.2) is 9.97 Å². The van der Waals surface area contributed by atoms with Gasteiger partial charge in [-0.15, -0.1) is 0 Å². The largest absolute Gasteiger partial charge is 0.355 e. The molecular weight excluding hydrogens is 366 g/mol. The van der Waals surface area contributed by atoms with E-state index in [4.69, 9.17) is 0 Å². The van der Waals surface area contributed by atoms with Gasteiger partial charge < -0.3 is 15.5 Å². The Hall–Kier alpha value is -3.74. The van der Waals surface area contributed by atoms with Gasteiger partial charge in [0.1, 0.15) is 12.1 Å². The van der Waals surface area contributed by atoms with Gasteiger partial charge in [-0.2, -0.15) is 0 Å². The van der Waals surface area contributed by atoms with E-state index in [0.717, 1.165) is 17.1 Å². The summed E-state index contributed by atoms with van der Waals surface area (Å²) in [6.07, 6.45) is 1.55. The molecule has 0 aliphatic carbocycles. The second-order valence-electron chi connectivity index (χ2n) is 6.98. The van der Waals surface area contributed by atoms with Crippen LogP contribution in [0.5, 0.6) is 0 Å². The molecule has 1 aliphatic heterocycles. The number of nitrogens with zero attached hydrogens (tertiary/aromatic N) is 3. The van der Waals surface area contributed by atoms with Crippen molar-refractivity contribution in [2.75, 3.05) is 28.6 Å². The molecule has 3 aromatic rings. The molecule has 0 radical (unpaired) electrons. The van der Waals surface area contributed by atoms with Crippen molar-refractivity contribution in [2.24, 2.45) is 5.92 Å². The van der Waals surface area contributed by atoms with Gasteiger partial charge in [-0.1, -0.05) is 36.4 Å². The number of carbonyl (C=O) groups is 2. The van der Waals surface area contributed by atoms with Crippen LogP contribution in [-0.2, 0) is 9.59 Å². The second-order valence-corrected chi connectivity index (χ2v) is 6.98. The third-order valence-corrected chi connectivity index (χ3v) is 4.75. The van der Waals surface area contributed by atoms with Gasteiger partial charge in [-0.05, 0) is 18.2 Å². The molecule has 1 fully saturated rings. The SMILES string of the molecule is CC(=O)Nc1cccc(NC(=O)C2CN(c3cc(-c4ccccc4)ncn3)C2)c1. The van der Waals surface area contributed by atoms with Crippen molar-refractivity contribution >= 4 is 29.0 Å². The summed E-state index contributed by atoms with van der Waals surface area (Å²) >= 11 is 0. The maximum Gasteiger partial charge on any atom is 0.231 e. The molecule has 29 heavy (non-hydrogen) atoms. The predicted octanol–water partition coefficient (Wildman–Crippen LogP) is 3.18. The van der Waals surface area contributed by atoms with E-state index in [1.54, 1.807) is 30.6 Å². The van der Waals surface area contributed by atoms with E-state index in [-0.39, 0.29) is 17.7 Å². The monoisotopic (exact) mass is 387 g/mol. The van der Waals surface area contributed by atoms with Crippen molar-refractivity contribution in [1.82, 2.24) is 9.97 Å². The second kappa shape index (κ2) is 8.10. The molecule has 2 N–H and O–H groups in total. The minimum absolute atomic E-state index is 0.0430. The van der Waals surface area contributed by atoms with Crippen molar-refractivity contribution in [1.29, 1.82) is 0 Å². The number of aromatic nitrogens is 2. The quantitative estimate of drug-likeness (QED) is 0.702. The highest BCUT2D eigenvalue weighted by Crippen LogP contribution is 2.27. The minimum atomic E-state index is -0.150. The zero-order chi connectivity index (χ0) is 20.2. The van der Waals surface area contributed by atoms with Gasteiger partial charge in [0.25, 0.3) is 0 Å². The fourth-order valence-corrected chi connectivity index (χ4v) is 3.24. The summed E-state index contributed by atoms with van der Waals surface area (Å²) in [5.74, 6) is 0.506. The maximum absolute atomic E-state index is 12.5. The molecule has 146 valence electrons. The van der Waals surface area contributed by atoms with Crippen molar-refractivity contribution in [3.05, 3.63) is 67.0 Å². The molecular formula is C22H21N5O2. The number of amides is 2. The van der Waals surface area contributed by atoms with Crippen LogP contribution < -0.4 is 15.5 Å². The van der Waals surface area contributed by atoms with Crippen LogP contribution >= 0.6 is 0 Å².